The minimum Gasteiger partial charge on any atom is -0.481 e. The maximum atomic E-state index is 11.2. The molecule has 0 aromatic rings. The number of carboxylic acid groups (broad SMARTS) is 1. The molecule has 0 radical (unpaired) electrons. The van der Waals surface area contributed by atoms with Gasteiger partial charge in [0.15, 0.2) is 0 Å². The van der Waals surface area contributed by atoms with E-state index >= 15 is 0 Å². The SMILES string of the molecule is CC(C)(NCC1CCOC1)C(C)(C)C(=O)O. The van der Waals surface area contributed by atoms with Crippen LogP contribution in [0, 0.1) is 11.3 Å². The summed E-state index contributed by atoms with van der Waals surface area (Å²) in [6.45, 7) is 9.84. The zero-order chi connectivity index (χ0) is 12.4. The lowest BCUT2D eigenvalue weighted by Gasteiger charge is -2.39. The van der Waals surface area contributed by atoms with E-state index in [0.717, 1.165) is 26.2 Å². The number of ether oxygens (including phenoxy) is 1. The van der Waals surface area contributed by atoms with Gasteiger partial charge in [0.25, 0.3) is 0 Å². The van der Waals surface area contributed by atoms with E-state index < -0.39 is 16.9 Å². The molecule has 1 fully saturated rings. The monoisotopic (exact) mass is 229 g/mol. The zero-order valence-electron chi connectivity index (χ0n) is 10.7. The number of carbonyl (C=O) groups is 1. The summed E-state index contributed by atoms with van der Waals surface area (Å²) in [4.78, 5) is 11.2. The van der Waals surface area contributed by atoms with Crippen molar-refractivity contribution >= 4 is 5.97 Å². The van der Waals surface area contributed by atoms with Crippen LogP contribution in [0.4, 0.5) is 0 Å². The summed E-state index contributed by atoms with van der Waals surface area (Å²) < 4.78 is 5.30. The number of rotatable bonds is 5. The number of nitrogens with one attached hydrogen (secondary N) is 1. The van der Waals surface area contributed by atoms with E-state index in [0.29, 0.717) is 5.92 Å². The summed E-state index contributed by atoms with van der Waals surface area (Å²) >= 11 is 0. The third-order valence-corrected chi connectivity index (χ3v) is 3.95. The highest BCUT2D eigenvalue weighted by Crippen LogP contribution is 2.31. The molecule has 1 rings (SSSR count). The average molecular weight is 229 g/mol. The van der Waals surface area contributed by atoms with Crippen LogP contribution in [-0.2, 0) is 9.53 Å². The summed E-state index contributed by atoms with van der Waals surface area (Å²) in [5.74, 6) is -0.253. The highest BCUT2D eigenvalue weighted by Gasteiger charge is 2.43. The number of hydrogen-bond donors (Lipinski definition) is 2. The van der Waals surface area contributed by atoms with Crippen molar-refractivity contribution in [1.29, 1.82) is 0 Å². The maximum absolute atomic E-state index is 11.2. The first-order chi connectivity index (χ1) is 7.27. The Hall–Kier alpha value is -0.610. The quantitative estimate of drug-likeness (QED) is 0.750. The molecule has 1 heterocycles. The Bertz CT molecular complexity index is 255. The van der Waals surface area contributed by atoms with Gasteiger partial charge in [0.1, 0.15) is 0 Å². The standard InChI is InChI=1S/C12H23NO3/c1-11(2,10(14)15)12(3,4)13-7-9-5-6-16-8-9/h9,13H,5-8H2,1-4H3,(H,14,15). The van der Waals surface area contributed by atoms with Gasteiger partial charge in [-0.3, -0.25) is 4.79 Å². The molecule has 1 atom stereocenters. The van der Waals surface area contributed by atoms with E-state index in [4.69, 9.17) is 4.74 Å². The van der Waals surface area contributed by atoms with E-state index in [1.54, 1.807) is 13.8 Å². The normalized spacial score (nSPS) is 22.4. The first-order valence-corrected chi connectivity index (χ1v) is 5.83. The second-order valence-electron chi connectivity index (χ2n) is 5.67. The van der Waals surface area contributed by atoms with Crippen molar-refractivity contribution in [2.24, 2.45) is 11.3 Å². The fourth-order valence-electron chi connectivity index (χ4n) is 1.63. The summed E-state index contributed by atoms with van der Waals surface area (Å²) in [5.41, 5.74) is -1.21. The van der Waals surface area contributed by atoms with Crippen LogP contribution in [0.25, 0.3) is 0 Å². The number of hydrogen-bond acceptors (Lipinski definition) is 3. The minimum atomic E-state index is -0.785. The molecule has 1 saturated heterocycles. The topological polar surface area (TPSA) is 58.6 Å². The molecule has 1 aliphatic rings. The zero-order valence-corrected chi connectivity index (χ0v) is 10.7. The van der Waals surface area contributed by atoms with E-state index in [9.17, 15) is 9.90 Å². The molecule has 0 aliphatic carbocycles. The van der Waals surface area contributed by atoms with Crippen molar-refractivity contribution in [1.82, 2.24) is 5.32 Å². The average Bonchev–Trinajstić information content (AvgIpc) is 2.66. The van der Waals surface area contributed by atoms with Gasteiger partial charge in [-0.2, -0.15) is 0 Å². The fraction of sp³-hybridized carbons (Fsp3) is 0.917. The van der Waals surface area contributed by atoms with Gasteiger partial charge in [-0.1, -0.05) is 0 Å². The highest BCUT2D eigenvalue weighted by atomic mass is 16.5. The Morgan fingerprint density at radius 2 is 2.06 bits per heavy atom. The van der Waals surface area contributed by atoms with Crippen LogP contribution in [0.15, 0.2) is 0 Å². The first-order valence-electron chi connectivity index (χ1n) is 5.83. The first kappa shape index (κ1) is 13.5. The van der Waals surface area contributed by atoms with Crippen LogP contribution in [0.5, 0.6) is 0 Å². The van der Waals surface area contributed by atoms with Gasteiger partial charge in [0.05, 0.1) is 12.0 Å². The van der Waals surface area contributed by atoms with E-state index in [1.165, 1.54) is 0 Å². The van der Waals surface area contributed by atoms with Crippen LogP contribution in [0.1, 0.15) is 34.1 Å². The van der Waals surface area contributed by atoms with Crippen LogP contribution in [0.2, 0.25) is 0 Å². The molecular weight excluding hydrogens is 206 g/mol. The summed E-state index contributed by atoms with van der Waals surface area (Å²) in [7, 11) is 0. The Morgan fingerprint density at radius 3 is 2.50 bits per heavy atom. The predicted octanol–water partition coefficient (Wildman–Crippen LogP) is 1.50. The Morgan fingerprint density at radius 1 is 1.44 bits per heavy atom. The van der Waals surface area contributed by atoms with Crippen molar-refractivity contribution in [2.45, 2.75) is 39.7 Å². The van der Waals surface area contributed by atoms with Gasteiger partial charge in [0, 0.05) is 18.7 Å². The molecule has 0 bridgehead atoms. The van der Waals surface area contributed by atoms with Crippen molar-refractivity contribution in [3.05, 3.63) is 0 Å². The van der Waals surface area contributed by atoms with Gasteiger partial charge in [-0.15, -0.1) is 0 Å². The molecule has 1 aliphatic heterocycles. The van der Waals surface area contributed by atoms with E-state index in [2.05, 4.69) is 5.32 Å². The molecule has 0 aromatic heterocycles. The molecule has 0 spiro atoms. The number of carboxylic acids is 1. The molecule has 94 valence electrons. The van der Waals surface area contributed by atoms with E-state index in [-0.39, 0.29) is 0 Å². The molecule has 16 heavy (non-hydrogen) atoms. The van der Waals surface area contributed by atoms with E-state index in [1.807, 2.05) is 13.8 Å². The predicted molar refractivity (Wildman–Crippen MR) is 62.4 cm³/mol. The second-order valence-corrected chi connectivity index (χ2v) is 5.67. The van der Waals surface area contributed by atoms with Crippen LogP contribution >= 0.6 is 0 Å². The third kappa shape index (κ3) is 2.74. The van der Waals surface area contributed by atoms with Gasteiger partial charge >= 0.3 is 5.97 Å². The molecule has 0 saturated carbocycles. The molecule has 4 heteroatoms. The minimum absolute atomic E-state index is 0.429. The Labute approximate surface area is 97.4 Å². The Kier molecular flexibility index (Phi) is 3.97. The summed E-state index contributed by atoms with van der Waals surface area (Å²) in [5, 5.41) is 12.6. The van der Waals surface area contributed by atoms with Crippen molar-refractivity contribution in [3.63, 3.8) is 0 Å². The molecular formula is C12H23NO3. The van der Waals surface area contributed by atoms with Crippen LogP contribution in [-0.4, -0.2) is 36.4 Å². The lowest BCUT2D eigenvalue weighted by molar-refractivity contribution is -0.151. The van der Waals surface area contributed by atoms with Gasteiger partial charge in [-0.25, -0.2) is 0 Å². The molecule has 0 aromatic carbocycles. The number of aliphatic carboxylic acids is 1. The molecule has 1 unspecified atom stereocenters. The van der Waals surface area contributed by atoms with Crippen molar-refractivity contribution < 1.29 is 14.6 Å². The molecule has 2 N–H and O–H groups in total. The fourth-order valence-corrected chi connectivity index (χ4v) is 1.63. The maximum Gasteiger partial charge on any atom is 0.310 e. The van der Waals surface area contributed by atoms with Gasteiger partial charge in [0.2, 0.25) is 0 Å². The highest BCUT2D eigenvalue weighted by molar-refractivity contribution is 5.75. The third-order valence-electron chi connectivity index (χ3n) is 3.95. The largest absolute Gasteiger partial charge is 0.481 e. The Balaban J connectivity index is 2.52. The van der Waals surface area contributed by atoms with Crippen LogP contribution in [0.3, 0.4) is 0 Å². The van der Waals surface area contributed by atoms with Gasteiger partial charge < -0.3 is 15.2 Å². The summed E-state index contributed by atoms with van der Waals surface area (Å²) in [6, 6.07) is 0. The van der Waals surface area contributed by atoms with Gasteiger partial charge in [-0.05, 0) is 40.0 Å². The summed E-state index contributed by atoms with van der Waals surface area (Å²) in [6.07, 6.45) is 1.07. The smallest absolute Gasteiger partial charge is 0.310 e. The lowest BCUT2D eigenvalue weighted by Crippen LogP contribution is -2.56. The second kappa shape index (κ2) is 4.72. The van der Waals surface area contributed by atoms with Crippen molar-refractivity contribution in [3.8, 4) is 0 Å². The molecule has 4 nitrogen and oxygen atoms in total. The molecule has 0 amide bonds. The lowest BCUT2D eigenvalue weighted by atomic mass is 9.74. The van der Waals surface area contributed by atoms with Crippen molar-refractivity contribution in [2.75, 3.05) is 19.8 Å². The van der Waals surface area contributed by atoms with Crippen LogP contribution < -0.4 is 5.32 Å².